The molecular weight excluding hydrogens is 335 g/mol. The molecule has 0 saturated heterocycles. The predicted octanol–water partition coefficient (Wildman–Crippen LogP) is 4.54. The van der Waals surface area contributed by atoms with Crippen LogP contribution in [0.3, 0.4) is 0 Å². The Bertz CT molecular complexity index is 696. The summed E-state index contributed by atoms with van der Waals surface area (Å²) in [5.41, 5.74) is 1.71. The van der Waals surface area contributed by atoms with E-state index in [1.165, 1.54) is 12.1 Å². The second-order valence-corrected chi connectivity index (χ2v) is 6.02. The second kappa shape index (κ2) is 8.13. The van der Waals surface area contributed by atoms with Gasteiger partial charge in [0.05, 0.1) is 11.1 Å². The Kier molecular flexibility index (Phi) is 6.19. The number of nitrogens with one attached hydrogen (secondary N) is 2. The van der Waals surface area contributed by atoms with Crippen LogP contribution < -0.4 is 15.4 Å². The minimum atomic E-state index is -0.462. The van der Waals surface area contributed by atoms with Crippen molar-refractivity contribution in [3.8, 4) is 5.75 Å². The zero-order valence-corrected chi connectivity index (χ0v) is 14.5. The van der Waals surface area contributed by atoms with E-state index < -0.39 is 5.82 Å². The molecule has 122 valence electrons. The summed E-state index contributed by atoms with van der Waals surface area (Å²) in [5.74, 6) is 0.390. The topological polar surface area (TPSA) is 33.3 Å². The molecule has 0 aliphatic heterocycles. The van der Waals surface area contributed by atoms with Crippen LogP contribution in [0.25, 0.3) is 0 Å². The molecule has 0 aliphatic rings. The van der Waals surface area contributed by atoms with Crippen LogP contribution in [-0.2, 0) is 0 Å². The van der Waals surface area contributed by atoms with Gasteiger partial charge in [0.15, 0.2) is 5.11 Å². The molecule has 2 aromatic carbocycles. The third kappa shape index (κ3) is 5.37. The molecule has 23 heavy (non-hydrogen) atoms. The molecule has 0 heterocycles. The molecule has 2 aromatic rings. The summed E-state index contributed by atoms with van der Waals surface area (Å²) in [6, 6.07) is 12.2. The number of aryl methyl sites for hydroxylation is 1. The van der Waals surface area contributed by atoms with Crippen LogP contribution >= 0.6 is 23.8 Å². The lowest BCUT2D eigenvalue weighted by atomic mass is 10.2. The van der Waals surface area contributed by atoms with Gasteiger partial charge in [-0.05, 0) is 55.9 Å². The fraction of sp³-hybridized carbons (Fsp3) is 0.235. The molecular formula is C17H18ClFN2OS. The summed E-state index contributed by atoms with van der Waals surface area (Å²) >= 11 is 11.0. The van der Waals surface area contributed by atoms with E-state index in [2.05, 4.69) is 10.6 Å². The van der Waals surface area contributed by atoms with Gasteiger partial charge < -0.3 is 15.4 Å². The van der Waals surface area contributed by atoms with Gasteiger partial charge in [0.25, 0.3) is 0 Å². The highest BCUT2D eigenvalue weighted by molar-refractivity contribution is 7.80. The lowest BCUT2D eigenvalue weighted by Gasteiger charge is -2.18. The molecule has 0 spiro atoms. The highest BCUT2D eigenvalue weighted by Crippen LogP contribution is 2.19. The second-order valence-electron chi connectivity index (χ2n) is 5.20. The van der Waals surface area contributed by atoms with Crippen molar-refractivity contribution in [1.29, 1.82) is 0 Å². The molecule has 0 amide bonds. The van der Waals surface area contributed by atoms with Gasteiger partial charge in [-0.2, -0.15) is 0 Å². The molecule has 2 N–H and O–H groups in total. The Hall–Kier alpha value is -1.85. The summed E-state index contributed by atoms with van der Waals surface area (Å²) < 4.78 is 18.9. The maximum absolute atomic E-state index is 13.1. The van der Waals surface area contributed by atoms with E-state index in [0.717, 1.165) is 11.3 Å². The van der Waals surface area contributed by atoms with Crippen LogP contribution in [0, 0.1) is 12.7 Å². The standard InChI is InChI=1S/C17H18ClFN2OS/c1-11-5-3-4-6-16(11)22-10-12(2)20-17(23)21-13-7-8-15(19)14(18)9-13/h3-9,12H,10H2,1-2H3,(H2,20,21,23)/t12-/m0/s1. The molecule has 0 saturated carbocycles. The van der Waals surface area contributed by atoms with Gasteiger partial charge in [-0.25, -0.2) is 4.39 Å². The molecule has 0 fully saturated rings. The Morgan fingerprint density at radius 2 is 2.04 bits per heavy atom. The third-order valence-corrected chi connectivity index (χ3v) is 3.65. The summed E-state index contributed by atoms with van der Waals surface area (Å²) in [4.78, 5) is 0. The van der Waals surface area contributed by atoms with Gasteiger partial charge >= 0.3 is 0 Å². The number of hydrogen-bond donors (Lipinski definition) is 2. The zero-order valence-electron chi connectivity index (χ0n) is 12.9. The maximum Gasteiger partial charge on any atom is 0.171 e. The van der Waals surface area contributed by atoms with E-state index in [1.54, 1.807) is 6.07 Å². The molecule has 0 aromatic heterocycles. The van der Waals surface area contributed by atoms with Gasteiger partial charge in [0.1, 0.15) is 18.2 Å². The van der Waals surface area contributed by atoms with Crippen LogP contribution in [0.5, 0.6) is 5.75 Å². The number of thiocarbonyl (C=S) groups is 1. The predicted molar refractivity (Wildman–Crippen MR) is 96.9 cm³/mol. The van der Waals surface area contributed by atoms with Crippen molar-refractivity contribution >= 4 is 34.6 Å². The zero-order chi connectivity index (χ0) is 16.8. The summed E-state index contributed by atoms with van der Waals surface area (Å²) in [6.45, 7) is 4.43. The Labute approximate surface area is 145 Å². The molecule has 0 bridgehead atoms. The number of anilines is 1. The minimum Gasteiger partial charge on any atom is -0.491 e. The number of halogens is 2. The fourth-order valence-corrected chi connectivity index (χ4v) is 2.44. The monoisotopic (exact) mass is 352 g/mol. The average molecular weight is 353 g/mol. The number of hydrogen-bond acceptors (Lipinski definition) is 2. The van der Waals surface area contributed by atoms with Crippen LogP contribution in [0.2, 0.25) is 5.02 Å². The first kappa shape index (κ1) is 17.5. The van der Waals surface area contributed by atoms with E-state index in [9.17, 15) is 4.39 Å². The largest absolute Gasteiger partial charge is 0.491 e. The quantitative estimate of drug-likeness (QED) is 0.774. The van der Waals surface area contributed by atoms with Crippen molar-refractivity contribution in [3.63, 3.8) is 0 Å². The van der Waals surface area contributed by atoms with Crippen LogP contribution in [0.15, 0.2) is 42.5 Å². The molecule has 6 heteroatoms. The van der Waals surface area contributed by atoms with E-state index in [-0.39, 0.29) is 11.1 Å². The van der Waals surface area contributed by atoms with Crippen molar-refractivity contribution in [2.24, 2.45) is 0 Å². The van der Waals surface area contributed by atoms with Crippen LogP contribution in [0.1, 0.15) is 12.5 Å². The Morgan fingerprint density at radius 1 is 1.30 bits per heavy atom. The fourth-order valence-electron chi connectivity index (χ4n) is 1.94. The van der Waals surface area contributed by atoms with Gasteiger partial charge in [-0.3, -0.25) is 0 Å². The van der Waals surface area contributed by atoms with Gasteiger partial charge in [0.2, 0.25) is 0 Å². The lowest BCUT2D eigenvalue weighted by molar-refractivity contribution is 0.285. The molecule has 0 aliphatic carbocycles. The summed E-state index contributed by atoms with van der Waals surface area (Å²) in [6.07, 6.45) is 0. The Morgan fingerprint density at radius 3 is 2.74 bits per heavy atom. The lowest BCUT2D eigenvalue weighted by Crippen LogP contribution is -2.39. The first-order chi connectivity index (χ1) is 11.0. The van der Waals surface area contributed by atoms with E-state index in [4.69, 9.17) is 28.6 Å². The van der Waals surface area contributed by atoms with Crippen molar-refractivity contribution in [2.75, 3.05) is 11.9 Å². The third-order valence-electron chi connectivity index (χ3n) is 3.14. The van der Waals surface area contributed by atoms with Crippen molar-refractivity contribution in [2.45, 2.75) is 19.9 Å². The molecule has 0 radical (unpaired) electrons. The summed E-state index contributed by atoms with van der Waals surface area (Å²) in [7, 11) is 0. The van der Waals surface area contributed by atoms with Crippen LogP contribution in [-0.4, -0.2) is 17.8 Å². The Balaban J connectivity index is 1.82. The number of ether oxygens (including phenoxy) is 1. The van der Waals surface area contributed by atoms with Crippen molar-refractivity contribution in [1.82, 2.24) is 5.32 Å². The van der Waals surface area contributed by atoms with E-state index in [1.807, 2.05) is 38.1 Å². The molecule has 1 atom stereocenters. The van der Waals surface area contributed by atoms with Gasteiger partial charge in [0, 0.05) is 5.69 Å². The highest BCUT2D eigenvalue weighted by atomic mass is 35.5. The number of benzene rings is 2. The SMILES string of the molecule is Cc1ccccc1OC[C@H](C)NC(=S)Nc1ccc(F)c(Cl)c1. The molecule has 3 nitrogen and oxygen atoms in total. The first-order valence-electron chi connectivity index (χ1n) is 7.16. The highest BCUT2D eigenvalue weighted by Gasteiger charge is 2.08. The normalized spacial score (nSPS) is 11.7. The van der Waals surface area contributed by atoms with Gasteiger partial charge in [-0.15, -0.1) is 0 Å². The average Bonchev–Trinajstić information content (AvgIpc) is 2.50. The van der Waals surface area contributed by atoms with E-state index >= 15 is 0 Å². The van der Waals surface area contributed by atoms with Crippen LogP contribution in [0.4, 0.5) is 10.1 Å². The van der Waals surface area contributed by atoms with Crippen molar-refractivity contribution in [3.05, 3.63) is 58.9 Å². The number of rotatable bonds is 5. The maximum atomic E-state index is 13.1. The summed E-state index contributed by atoms with van der Waals surface area (Å²) in [5, 5.41) is 6.55. The minimum absolute atomic E-state index is 0.00512. The van der Waals surface area contributed by atoms with Crippen molar-refractivity contribution < 1.29 is 9.13 Å². The smallest absolute Gasteiger partial charge is 0.171 e. The first-order valence-corrected chi connectivity index (χ1v) is 7.95. The number of para-hydroxylation sites is 1. The van der Waals surface area contributed by atoms with E-state index in [0.29, 0.717) is 17.4 Å². The van der Waals surface area contributed by atoms with Gasteiger partial charge in [-0.1, -0.05) is 29.8 Å². The molecule has 2 rings (SSSR count). The molecule has 0 unspecified atom stereocenters.